The molecular formula is C24H26N6O4S2. The molecule has 1 atom stereocenters. The first kappa shape index (κ1) is 24.5. The van der Waals surface area contributed by atoms with Gasteiger partial charge in [0.15, 0.2) is 21.5 Å². The van der Waals surface area contributed by atoms with Crippen molar-refractivity contribution in [1.29, 1.82) is 0 Å². The van der Waals surface area contributed by atoms with Gasteiger partial charge >= 0.3 is 0 Å². The van der Waals surface area contributed by atoms with E-state index in [0.717, 1.165) is 32.0 Å². The molecule has 1 unspecified atom stereocenters. The van der Waals surface area contributed by atoms with Crippen molar-refractivity contribution >= 4 is 43.2 Å². The molecule has 0 amide bonds. The summed E-state index contributed by atoms with van der Waals surface area (Å²) in [5.41, 5.74) is 8.80. The fraction of sp³-hybridized carbons (Fsp3) is 0.333. The number of thiophene rings is 1. The Labute approximate surface area is 212 Å². The highest BCUT2D eigenvalue weighted by Crippen LogP contribution is 2.42. The molecule has 0 radical (unpaired) electrons. The Morgan fingerprint density at radius 3 is 2.58 bits per heavy atom. The second kappa shape index (κ2) is 9.69. The SMILES string of the molecule is Cc1c(-c2cccc(S(=O)(=O)CC(C)O)c2)sc2c(N3CCOCC3)nc(-c3cnc(N)nc3)nc12. The number of nitrogen functional groups attached to an aromatic ring is 1. The molecule has 3 aromatic heterocycles. The number of nitrogens with zero attached hydrogens (tertiary/aromatic N) is 5. The molecule has 4 heterocycles. The zero-order valence-corrected chi connectivity index (χ0v) is 21.5. The predicted octanol–water partition coefficient (Wildman–Crippen LogP) is 2.70. The summed E-state index contributed by atoms with van der Waals surface area (Å²) in [6, 6.07) is 6.82. The van der Waals surface area contributed by atoms with Crippen LogP contribution in [0.1, 0.15) is 12.5 Å². The van der Waals surface area contributed by atoms with Gasteiger partial charge in [0.2, 0.25) is 5.95 Å². The van der Waals surface area contributed by atoms with E-state index in [-0.39, 0.29) is 16.6 Å². The molecule has 0 bridgehead atoms. The maximum atomic E-state index is 12.8. The molecule has 0 spiro atoms. The first-order chi connectivity index (χ1) is 17.2. The van der Waals surface area contributed by atoms with Crippen molar-refractivity contribution in [2.75, 3.05) is 42.7 Å². The fourth-order valence-corrected chi connectivity index (χ4v) is 6.85. The van der Waals surface area contributed by atoms with Gasteiger partial charge in [0.05, 0.1) is 45.7 Å². The van der Waals surface area contributed by atoms with Gasteiger partial charge in [0.1, 0.15) is 0 Å². The second-order valence-electron chi connectivity index (χ2n) is 8.69. The van der Waals surface area contributed by atoms with Gasteiger partial charge in [-0.2, -0.15) is 0 Å². The van der Waals surface area contributed by atoms with Crippen LogP contribution in [0.4, 0.5) is 11.8 Å². The third-order valence-corrected chi connectivity index (χ3v) is 9.12. The van der Waals surface area contributed by atoms with E-state index in [1.807, 2.05) is 13.0 Å². The third-order valence-electron chi connectivity index (χ3n) is 5.90. The van der Waals surface area contributed by atoms with Crippen molar-refractivity contribution in [2.24, 2.45) is 0 Å². The fourth-order valence-electron chi connectivity index (χ4n) is 4.16. The first-order valence-corrected chi connectivity index (χ1v) is 13.9. The van der Waals surface area contributed by atoms with E-state index in [4.69, 9.17) is 20.4 Å². The van der Waals surface area contributed by atoms with Crippen molar-refractivity contribution in [3.63, 3.8) is 0 Å². The van der Waals surface area contributed by atoms with Crippen LogP contribution in [0.5, 0.6) is 0 Å². The molecule has 1 aliphatic heterocycles. The van der Waals surface area contributed by atoms with E-state index >= 15 is 0 Å². The Hall–Kier alpha value is -3.19. The number of hydrogen-bond acceptors (Lipinski definition) is 11. The molecule has 1 aliphatic rings. The zero-order valence-electron chi connectivity index (χ0n) is 19.9. The number of aromatic nitrogens is 4. The smallest absolute Gasteiger partial charge is 0.219 e. The average Bonchev–Trinajstić information content (AvgIpc) is 3.20. The molecule has 36 heavy (non-hydrogen) atoms. The zero-order chi connectivity index (χ0) is 25.4. The van der Waals surface area contributed by atoms with Gasteiger partial charge in [-0.05, 0) is 37.1 Å². The molecular weight excluding hydrogens is 500 g/mol. The molecule has 0 aliphatic carbocycles. The van der Waals surface area contributed by atoms with Gasteiger partial charge in [0.25, 0.3) is 0 Å². The Kier molecular flexibility index (Phi) is 6.60. The lowest BCUT2D eigenvalue weighted by Crippen LogP contribution is -2.36. The monoisotopic (exact) mass is 526 g/mol. The lowest BCUT2D eigenvalue weighted by Gasteiger charge is -2.28. The highest BCUT2D eigenvalue weighted by molar-refractivity contribution is 7.91. The van der Waals surface area contributed by atoms with Crippen LogP contribution in [-0.4, -0.2) is 71.6 Å². The molecule has 0 saturated carbocycles. The van der Waals surface area contributed by atoms with Gasteiger partial charge in [0, 0.05) is 30.4 Å². The molecule has 10 nitrogen and oxygen atoms in total. The maximum Gasteiger partial charge on any atom is 0.219 e. The van der Waals surface area contributed by atoms with Crippen LogP contribution in [0, 0.1) is 6.92 Å². The number of aliphatic hydroxyl groups excluding tert-OH is 1. The van der Waals surface area contributed by atoms with E-state index in [1.54, 1.807) is 30.6 Å². The van der Waals surface area contributed by atoms with Crippen molar-refractivity contribution in [1.82, 2.24) is 19.9 Å². The topological polar surface area (TPSA) is 144 Å². The van der Waals surface area contributed by atoms with Crippen molar-refractivity contribution in [3.8, 4) is 21.8 Å². The summed E-state index contributed by atoms with van der Waals surface area (Å²) in [6.07, 6.45) is 2.25. The molecule has 4 aromatic rings. The van der Waals surface area contributed by atoms with E-state index in [9.17, 15) is 13.5 Å². The summed E-state index contributed by atoms with van der Waals surface area (Å²) < 4.78 is 32.0. The molecule has 12 heteroatoms. The minimum Gasteiger partial charge on any atom is -0.392 e. The van der Waals surface area contributed by atoms with Crippen LogP contribution in [0.25, 0.3) is 32.0 Å². The summed E-state index contributed by atoms with van der Waals surface area (Å²) in [6.45, 7) is 6.04. The quantitative estimate of drug-likeness (QED) is 0.385. The second-order valence-corrected chi connectivity index (χ2v) is 11.7. The van der Waals surface area contributed by atoms with Gasteiger partial charge in [-0.15, -0.1) is 11.3 Å². The van der Waals surface area contributed by atoms with Crippen LogP contribution in [0.3, 0.4) is 0 Å². The molecule has 5 rings (SSSR count). The Bertz CT molecular complexity index is 1510. The van der Waals surface area contributed by atoms with Gasteiger partial charge in [-0.1, -0.05) is 12.1 Å². The standard InChI is InChI=1S/C24H26N6O4S2/c1-14(31)13-36(32,33)18-5-3-4-16(10-18)20-15(2)19-21(35-20)23(30-6-8-34-9-7-30)29-22(28-19)17-11-26-24(25)27-12-17/h3-5,10-12,14,31H,6-9,13H2,1-2H3,(H2,25,26,27). The highest BCUT2D eigenvalue weighted by Gasteiger charge is 2.24. The number of fused-ring (bicyclic) bond motifs is 1. The maximum absolute atomic E-state index is 12.8. The summed E-state index contributed by atoms with van der Waals surface area (Å²) in [5.74, 6) is 1.13. The van der Waals surface area contributed by atoms with Gasteiger partial charge in [-0.3, -0.25) is 0 Å². The van der Waals surface area contributed by atoms with E-state index < -0.39 is 15.9 Å². The van der Waals surface area contributed by atoms with Crippen LogP contribution in [0.2, 0.25) is 0 Å². The molecule has 188 valence electrons. The van der Waals surface area contributed by atoms with Crippen molar-refractivity contribution in [3.05, 3.63) is 42.2 Å². The number of aryl methyl sites for hydroxylation is 1. The van der Waals surface area contributed by atoms with E-state index in [1.165, 1.54) is 18.3 Å². The summed E-state index contributed by atoms with van der Waals surface area (Å²) in [4.78, 5) is 21.2. The van der Waals surface area contributed by atoms with Gasteiger partial charge < -0.3 is 20.5 Å². The van der Waals surface area contributed by atoms with Crippen molar-refractivity contribution < 1.29 is 18.3 Å². The normalized spacial score (nSPS) is 15.4. The highest BCUT2D eigenvalue weighted by atomic mass is 32.2. The minimum atomic E-state index is -3.62. The summed E-state index contributed by atoms with van der Waals surface area (Å²) >= 11 is 1.53. The Balaban J connectivity index is 1.67. The number of nitrogens with two attached hydrogens (primary N) is 1. The van der Waals surface area contributed by atoms with Gasteiger partial charge in [-0.25, -0.2) is 28.4 Å². The lowest BCUT2D eigenvalue weighted by molar-refractivity contribution is 0.122. The first-order valence-electron chi connectivity index (χ1n) is 11.5. The predicted molar refractivity (Wildman–Crippen MR) is 140 cm³/mol. The summed E-state index contributed by atoms with van der Waals surface area (Å²) in [7, 11) is -3.62. The Morgan fingerprint density at radius 2 is 1.89 bits per heavy atom. The lowest BCUT2D eigenvalue weighted by atomic mass is 10.1. The van der Waals surface area contributed by atoms with Crippen molar-refractivity contribution in [2.45, 2.75) is 24.8 Å². The number of anilines is 2. The number of sulfone groups is 1. The van der Waals surface area contributed by atoms with Crippen LogP contribution < -0.4 is 10.6 Å². The largest absolute Gasteiger partial charge is 0.392 e. The Morgan fingerprint density at radius 1 is 1.17 bits per heavy atom. The molecule has 3 N–H and O–H groups in total. The molecule has 1 fully saturated rings. The average molecular weight is 527 g/mol. The number of aliphatic hydroxyl groups is 1. The third kappa shape index (κ3) is 4.76. The number of benzene rings is 1. The number of hydrogen-bond donors (Lipinski definition) is 2. The van der Waals surface area contributed by atoms with E-state index in [0.29, 0.717) is 37.7 Å². The minimum absolute atomic E-state index is 0.174. The molecule has 1 aromatic carbocycles. The number of ether oxygens (including phenoxy) is 1. The number of rotatable bonds is 6. The number of morpholine rings is 1. The van der Waals surface area contributed by atoms with Crippen LogP contribution in [0.15, 0.2) is 41.6 Å². The van der Waals surface area contributed by atoms with Crippen LogP contribution in [-0.2, 0) is 14.6 Å². The molecule has 1 saturated heterocycles. The summed E-state index contributed by atoms with van der Waals surface area (Å²) in [5, 5.41) is 9.64. The van der Waals surface area contributed by atoms with Crippen LogP contribution >= 0.6 is 11.3 Å². The van der Waals surface area contributed by atoms with E-state index in [2.05, 4.69) is 14.9 Å².